The van der Waals surface area contributed by atoms with Gasteiger partial charge in [0.05, 0.1) is 11.5 Å². The molecule has 1 heterocycles. The Kier molecular flexibility index (Phi) is 6.32. The molecule has 0 spiro atoms. The fraction of sp³-hybridized carbons (Fsp3) is 0.400. The Hall–Kier alpha value is -2.03. The van der Waals surface area contributed by atoms with Gasteiger partial charge >= 0.3 is 0 Å². The lowest BCUT2D eigenvalue weighted by Gasteiger charge is -2.37. The first kappa shape index (κ1) is 20.7. The molecule has 0 saturated carbocycles. The number of nitrogens with one attached hydrogen (secondary N) is 1. The quantitative estimate of drug-likeness (QED) is 0.759. The number of hydrogen-bond donors (Lipinski definition) is 1. The summed E-state index contributed by atoms with van der Waals surface area (Å²) < 4.78 is 65.9. The van der Waals surface area contributed by atoms with Crippen molar-refractivity contribution in [3.05, 3.63) is 59.7 Å². The zero-order chi connectivity index (χ0) is 20.2. The highest BCUT2D eigenvalue weighted by atomic mass is 32.2. The van der Waals surface area contributed by atoms with Crippen LogP contribution < -0.4 is 9.46 Å². The minimum Gasteiger partial charge on any atom is -0.491 e. The molecule has 1 aliphatic heterocycles. The summed E-state index contributed by atoms with van der Waals surface area (Å²) in [5.41, 5.74) is 0.334. The van der Waals surface area contributed by atoms with Gasteiger partial charge in [-0.25, -0.2) is 21.9 Å². The molecule has 2 aromatic carbocycles. The van der Waals surface area contributed by atoms with Crippen molar-refractivity contribution in [3.63, 3.8) is 0 Å². The van der Waals surface area contributed by atoms with Gasteiger partial charge in [-0.2, -0.15) is 0 Å². The molecule has 1 fully saturated rings. The third kappa shape index (κ3) is 4.51. The van der Waals surface area contributed by atoms with Crippen LogP contribution in [-0.2, 0) is 20.2 Å². The maximum Gasteiger partial charge on any atom is 0.240 e. The summed E-state index contributed by atoms with van der Waals surface area (Å²) in [4.78, 5) is -0.172. The minimum absolute atomic E-state index is 0.00802. The zero-order valence-corrected chi connectivity index (χ0v) is 16.4. The highest BCUT2D eigenvalue weighted by Gasteiger charge is 2.36. The smallest absolute Gasteiger partial charge is 0.240 e. The molecule has 1 N–H and O–H groups in total. The van der Waals surface area contributed by atoms with Crippen molar-refractivity contribution in [3.8, 4) is 5.75 Å². The number of halogens is 2. The van der Waals surface area contributed by atoms with Crippen LogP contribution in [0.25, 0.3) is 0 Å². The van der Waals surface area contributed by atoms with Crippen molar-refractivity contribution in [1.82, 2.24) is 4.72 Å². The molecule has 0 amide bonds. The van der Waals surface area contributed by atoms with Crippen molar-refractivity contribution in [2.75, 3.05) is 26.4 Å². The Morgan fingerprint density at radius 1 is 1.11 bits per heavy atom. The van der Waals surface area contributed by atoms with Crippen molar-refractivity contribution in [2.24, 2.45) is 0 Å². The lowest BCUT2D eigenvalue weighted by molar-refractivity contribution is 0.0517. The lowest BCUT2D eigenvalue weighted by atomic mass is 9.74. The Bertz CT molecular complexity index is 910. The molecule has 1 saturated heterocycles. The van der Waals surface area contributed by atoms with Crippen LogP contribution >= 0.6 is 0 Å². The van der Waals surface area contributed by atoms with E-state index in [0.29, 0.717) is 26.1 Å². The Labute approximate surface area is 163 Å². The summed E-state index contributed by atoms with van der Waals surface area (Å²) in [6.45, 7) is 3.07. The summed E-state index contributed by atoms with van der Waals surface area (Å²) in [6.07, 6.45) is 1.19. The third-order valence-electron chi connectivity index (χ3n) is 5.02. The van der Waals surface area contributed by atoms with Crippen molar-refractivity contribution in [1.29, 1.82) is 0 Å². The molecule has 28 heavy (non-hydrogen) atoms. The van der Waals surface area contributed by atoms with Gasteiger partial charge in [0, 0.05) is 25.2 Å². The van der Waals surface area contributed by atoms with Gasteiger partial charge in [0.2, 0.25) is 10.0 Å². The molecule has 0 unspecified atom stereocenters. The molecule has 2 aromatic rings. The first-order chi connectivity index (χ1) is 13.4. The fourth-order valence-electron chi connectivity index (χ4n) is 3.37. The molecular weight excluding hydrogens is 388 g/mol. The zero-order valence-electron chi connectivity index (χ0n) is 15.6. The van der Waals surface area contributed by atoms with Gasteiger partial charge < -0.3 is 9.47 Å². The average molecular weight is 411 g/mol. The topological polar surface area (TPSA) is 64.6 Å². The van der Waals surface area contributed by atoms with Gasteiger partial charge in [0.25, 0.3) is 0 Å². The van der Waals surface area contributed by atoms with E-state index in [1.54, 1.807) is 19.1 Å². The summed E-state index contributed by atoms with van der Waals surface area (Å²) in [5.74, 6) is -1.07. The lowest BCUT2D eigenvalue weighted by Crippen LogP contribution is -2.44. The first-order valence-corrected chi connectivity index (χ1v) is 10.6. The molecule has 0 radical (unpaired) electrons. The molecule has 0 aromatic heterocycles. The van der Waals surface area contributed by atoms with Crippen LogP contribution in [0.3, 0.4) is 0 Å². The molecule has 3 rings (SSSR count). The maximum atomic E-state index is 14.1. The predicted octanol–water partition coefficient (Wildman–Crippen LogP) is 3.39. The van der Waals surface area contributed by atoms with E-state index in [2.05, 4.69) is 4.72 Å². The van der Waals surface area contributed by atoms with E-state index in [9.17, 15) is 17.2 Å². The SMILES string of the molecule is CCOc1ccc(S(=O)(=O)NCC2(c3ccc(F)cc3)CCOCC2)cc1F. The van der Waals surface area contributed by atoms with E-state index in [1.165, 1.54) is 24.3 Å². The number of ether oxygens (including phenoxy) is 2. The Morgan fingerprint density at radius 2 is 1.79 bits per heavy atom. The second-order valence-corrected chi connectivity index (χ2v) is 8.52. The third-order valence-corrected chi connectivity index (χ3v) is 6.42. The van der Waals surface area contributed by atoms with Crippen LogP contribution in [0.1, 0.15) is 25.3 Å². The maximum absolute atomic E-state index is 14.1. The summed E-state index contributed by atoms with van der Waals surface area (Å²) in [5, 5.41) is 0. The van der Waals surface area contributed by atoms with Gasteiger partial charge in [0.15, 0.2) is 11.6 Å². The summed E-state index contributed by atoms with van der Waals surface area (Å²) >= 11 is 0. The van der Waals surface area contributed by atoms with Gasteiger partial charge in [-0.3, -0.25) is 0 Å². The van der Waals surface area contributed by atoms with Crippen molar-refractivity contribution >= 4 is 10.0 Å². The molecular formula is C20H23F2NO4S. The summed E-state index contributed by atoms with van der Waals surface area (Å²) in [6, 6.07) is 9.63. The van der Waals surface area contributed by atoms with Crippen LogP contribution in [0.5, 0.6) is 5.75 Å². The molecule has 5 nitrogen and oxygen atoms in total. The molecule has 0 aliphatic carbocycles. The van der Waals surface area contributed by atoms with Crippen LogP contribution in [0, 0.1) is 11.6 Å². The van der Waals surface area contributed by atoms with Crippen LogP contribution in [0.15, 0.2) is 47.4 Å². The monoisotopic (exact) mass is 411 g/mol. The van der Waals surface area contributed by atoms with Gasteiger partial charge in [0.1, 0.15) is 5.82 Å². The van der Waals surface area contributed by atoms with Crippen molar-refractivity contribution < 1.29 is 26.7 Å². The van der Waals surface area contributed by atoms with E-state index >= 15 is 0 Å². The van der Waals surface area contributed by atoms with Crippen molar-refractivity contribution in [2.45, 2.75) is 30.1 Å². The molecule has 1 aliphatic rings. The molecule has 8 heteroatoms. The van der Waals surface area contributed by atoms with Gasteiger partial charge in [-0.15, -0.1) is 0 Å². The molecule has 0 bridgehead atoms. The average Bonchev–Trinajstić information content (AvgIpc) is 2.69. The second-order valence-electron chi connectivity index (χ2n) is 6.75. The fourth-order valence-corrected chi connectivity index (χ4v) is 4.51. The van der Waals surface area contributed by atoms with E-state index in [-0.39, 0.29) is 29.6 Å². The van der Waals surface area contributed by atoms with E-state index in [4.69, 9.17) is 9.47 Å². The summed E-state index contributed by atoms with van der Waals surface area (Å²) in [7, 11) is -3.93. The molecule has 152 valence electrons. The van der Waals surface area contributed by atoms with Gasteiger partial charge in [-0.05, 0) is 55.7 Å². The van der Waals surface area contributed by atoms with E-state index in [1.807, 2.05) is 0 Å². The van der Waals surface area contributed by atoms with Crippen LogP contribution in [-0.4, -0.2) is 34.8 Å². The van der Waals surface area contributed by atoms with Gasteiger partial charge in [-0.1, -0.05) is 12.1 Å². The highest BCUT2D eigenvalue weighted by Crippen LogP contribution is 2.35. The van der Waals surface area contributed by atoms with Crippen LogP contribution in [0.2, 0.25) is 0 Å². The number of hydrogen-bond acceptors (Lipinski definition) is 4. The number of rotatable bonds is 7. The first-order valence-electron chi connectivity index (χ1n) is 9.12. The van der Waals surface area contributed by atoms with E-state index in [0.717, 1.165) is 11.6 Å². The Balaban J connectivity index is 1.82. The standard InChI is InChI=1S/C20H23F2NO4S/c1-2-27-19-8-7-17(13-18(19)22)28(24,25)23-14-20(9-11-26-12-10-20)15-3-5-16(21)6-4-15/h3-8,13,23H,2,9-12,14H2,1H3. The molecule has 0 atom stereocenters. The highest BCUT2D eigenvalue weighted by molar-refractivity contribution is 7.89. The minimum atomic E-state index is -3.93. The predicted molar refractivity (Wildman–Crippen MR) is 101 cm³/mol. The number of benzene rings is 2. The largest absolute Gasteiger partial charge is 0.491 e. The van der Waals surface area contributed by atoms with Crippen LogP contribution in [0.4, 0.5) is 8.78 Å². The second kappa shape index (κ2) is 8.55. The normalized spacial score (nSPS) is 16.7. The van der Waals surface area contributed by atoms with E-state index < -0.39 is 21.3 Å². The number of sulfonamides is 1. The Morgan fingerprint density at radius 3 is 2.39 bits per heavy atom.